The van der Waals surface area contributed by atoms with Crippen molar-refractivity contribution < 1.29 is 13.9 Å². The van der Waals surface area contributed by atoms with Crippen LogP contribution >= 0.6 is 0 Å². The standard InChI is InChI=1S/C23H23F2N7O/c24-15-3-4-19(25)18(10-15)20-2-1-7-30(20)22-6-9-31-23(28-22)21(12-27-31)32-13-16(11-26-32)29-8-5-17(33)14-29/h3-4,6,9-13,17,20,33H,1-2,5,7-8,14H2. The molecule has 2 atom stereocenters. The molecular weight excluding hydrogens is 428 g/mol. The van der Waals surface area contributed by atoms with Gasteiger partial charge in [0.15, 0.2) is 5.65 Å². The van der Waals surface area contributed by atoms with Crippen molar-refractivity contribution in [3.8, 4) is 5.69 Å². The topological polar surface area (TPSA) is 74.7 Å². The van der Waals surface area contributed by atoms with Gasteiger partial charge in [0, 0.05) is 31.4 Å². The number of anilines is 2. The SMILES string of the molecule is OC1CCN(c2cnn(-c3cnn4ccc(N5CCCC5c5cc(F)ccc5F)nc34)c2)C1. The Morgan fingerprint density at radius 1 is 1.03 bits per heavy atom. The number of hydrogen-bond acceptors (Lipinski definition) is 6. The van der Waals surface area contributed by atoms with E-state index < -0.39 is 11.6 Å². The van der Waals surface area contributed by atoms with Crippen molar-refractivity contribution in [3.05, 3.63) is 66.3 Å². The summed E-state index contributed by atoms with van der Waals surface area (Å²) in [6.07, 6.45) is 9.22. The van der Waals surface area contributed by atoms with Crippen LogP contribution in [-0.2, 0) is 0 Å². The van der Waals surface area contributed by atoms with Crippen LogP contribution in [0, 0.1) is 11.6 Å². The minimum Gasteiger partial charge on any atom is -0.391 e. The highest BCUT2D eigenvalue weighted by molar-refractivity contribution is 5.62. The van der Waals surface area contributed by atoms with Crippen LogP contribution in [0.25, 0.3) is 11.3 Å². The van der Waals surface area contributed by atoms with E-state index in [1.807, 2.05) is 23.4 Å². The lowest BCUT2D eigenvalue weighted by Gasteiger charge is -2.26. The quantitative estimate of drug-likeness (QED) is 0.514. The molecule has 33 heavy (non-hydrogen) atoms. The smallest absolute Gasteiger partial charge is 0.183 e. The van der Waals surface area contributed by atoms with Gasteiger partial charge in [-0.1, -0.05) is 0 Å². The van der Waals surface area contributed by atoms with Crippen molar-refractivity contribution in [1.29, 1.82) is 0 Å². The number of fused-ring (bicyclic) bond motifs is 1. The van der Waals surface area contributed by atoms with Crippen molar-refractivity contribution in [1.82, 2.24) is 24.4 Å². The molecule has 4 aromatic rings. The predicted molar refractivity (Wildman–Crippen MR) is 119 cm³/mol. The second kappa shape index (κ2) is 7.80. The van der Waals surface area contributed by atoms with Crippen LogP contribution in [0.15, 0.2) is 49.1 Å². The fourth-order valence-corrected chi connectivity index (χ4v) is 4.89. The molecule has 3 aromatic heterocycles. The van der Waals surface area contributed by atoms with Gasteiger partial charge in [-0.2, -0.15) is 10.2 Å². The molecule has 170 valence electrons. The highest BCUT2D eigenvalue weighted by Crippen LogP contribution is 2.37. The second-order valence-corrected chi connectivity index (χ2v) is 8.63. The Kier molecular flexibility index (Phi) is 4.75. The molecule has 0 saturated carbocycles. The summed E-state index contributed by atoms with van der Waals surface area (Å²) in [6, 6.07) is 5.17. The van der Waals surface area contributed by atoms with Crippen LogP contribution < -0.4 is 9.80 Å². The molecule has 0 amide bonds. The lowest BCUT2D eigenvalue weighted by Crippen LogP contribution is -2.24. The van der Waals surface area contributed by atoms with E-state index in [4.69, 9.17) is 4.98 Å². The van der Waals surface area contributed by atoms with E-state index in [9.17, 15) is 13.9 Å². The van der Waals surface area contributed by atoms with Gasteiger partial charge < -0.3 is 14.9 Å². The average Bonchev–Trinajstić information content (AvgIpc) is 3.60. The fraction of sp³-hybridized carbons (Fsp3) is 0.348. The minimum atomic E-state index is -0.445. The molecule has 2 fully saturated rings. The van der Waals surface area contributed by atoms with Gasteiger partial charge >= 0.3 is 0 Å². The molecule has 1 aromatic carbocycles. The van der Waals surface area contributed by atoms with E-state index in [0.29, 0.717) is 30.1 Å². The highest BCUT2D eigenvalue weighted by atomic mass is 19.1. The van der Waals surface area contributed by atoms with E-state index in [0.717, 1.165) is 43.2 Å². The number of nitrogens with zero attached hydrogens (tertiary/aromatic N) is 7. The first-order chi connectivity index (χ1) is 16.1. The largest absolute Gasteiger partial charge is 0.391 e. The molecule has 5 heterocycles. The van der Waals surface area contributed by atoms with Gasteiger partial charge in [0.05, 0.1) is 36.4 Å². The number of aliphatic hydroxyl groups excluding tert-OH is 1. The number of benzene rings is 1. The third kappa shape index (κ3) is 3.50. The number of aromatic nitrogens is 5. The lowest BCUT2D eigenvalue weighted by molar-refractivity contribution is 0.198. The Bertz CT molecular complexity index is 1320. The summed E-state index contributed by atoms with van der Waals surface area (Å²) >= 11 is 0. The first-order valence-electron chi connectivity index (χ1n) is 11.1. The van der Waals surface area contributed by atoms with E-state index in [2.05, 4.69) is 15.1 Å². The van der Waals surface area contributed by atoms with Crippen molar-refractivity contribution in [2.24, 2.45) is 0 Å². The van der Waals surface area contributed by atoms with E-state index in [1.54, 1.807) is 21.6 Å². The van der Waals surface area contributed by atoms with Crippen LogP contribution in [-0.4, -0.2) is 55.2 Å². The monoisotopic (exact) mass is 451 g/mol. The summed E-state index contributed by atoms with van der Waals surface area (Å²) in [5.41, 5.74) is 2.63. The van der Waals surface area contributed by atoms with Gasteiger partial charge in [-0.05, 0) is 43.5 Å². The van der Waals surface area contributed by atoms with Gasteiger partial charge in [0.1, 0.15) is 23.1 Å². The molecule has 1 N–H and O–H groups in total. The molecule has 6 rings (SSSR count). The summed E-state index contributed by atoms with van der Waals surface area (Å²) in [4.78, 5) is 8.96. The molecule has 2 saturated heterocycles. The van der Waals surface area contributed by atoms with E-state index in [-0.39, 0.29) is 12.1 Å². The molecule has 0 aliphatic carbocycles. The highest BCUT2D eigenvalue weighted by Gasteiger charge is 2.30. The van der Waals surface area contributed by atoms with Gasteiger partial charge in [0.25, 0.3) is 0 Å². The molecule has 0 bridgehead atoms. The zero-order valence-electron chi connectivity index (χ0n) is 17.8. The Labute approximate surface area is 188 Å². The Morgan fingerprint density at radius 2 is 1.94 bits per heavy atom. The van der Waals surface area contributed by atoms with Crippen LogP contribution in [0.4, 0.5) is 20.3 Å². The van der Waals surface area contributed by atoms with Crippen LogP contribution in [0.3, 0.4) is 0 Å². The molecule has 10 heteroatoms. The third-order valence-electron chi connectivity index (χ3n) is 6.54. The maximum atomic E-state index is 14.5. The van der Waals surface area contributed by atoms with Gasteiger partial charge in [0.2, 0.25) is 0 Å². The minimum absolute atomic E-state index is 0.278. The average molecular weight is 451 g/mol. The van der Waals surface area contributed by atoms with Crippen LogP contribution in [0.1, 0.15) is 30.9 Å². The fourth-order valence-electron chi connectivity index (χ4n) is 4.89. The molecule has 8 nitrogen and oxygen atoms in total. The lowest BCUT2D eigenvalue weighted by atomic mass is 10.0. The van der Waals surface area contributed by atoms with Crippen LogP contribution in [0.2, 0.25) is 0 Å². The van der Waals surface area contributed by atoms with Crippen molar-refractivity contribution in [2.75, 3.05) is 29.4 Å². The predicted octanol–water partition coefficient (Wildman–Crippen LogP) is 3.11. The summed E-state index contributed by atoms with van der Waals surface area (Å²) in [7, 11) is 0. The molecule has 2 unspecified atom stereocenters. The Morgan fingerprint density at radius 3 is 2.79 bits per heavy atom. The van der Waals surface area contributed by atoms with Crippen molar-refractivity contribution in [3.63, 3.8) is 0 Å². The maximum Gasteiger partial charge on any atom is 0.183 e. The number of β-amino-alcohol motifs (C(OH)–C–C–N with tert-alkyl or cyclic N) is 1. The van der Waals surface area contributed by atoms with Gasteiger partial charge in [-0.25, -0.2) is 23.0 Å². The third-order valence-corrected chi connectivity index (χ3v) is 6.54. The molecule has 0 spiro atoms. The summed E-state index contributed by atoms with van der Waals surface area (Å²) < 4.78 is 31.7. The van der Waals surface area contributed by atoms with E-state index >= 15 is 0 Å². The van der Waals surface area contributed by atoms with Gasteiger partial charge in [-0.15, -0.1) is 0 Å². The Hall–Kier alpha value is -3.53. The van der Waals surface area contributed by atoms with Crippen molar-refractivity contribution in [2.45, 2.75) is 31.4 Å². The molecule has 2 aliphatic heterocycles. The number of halogens is 2. The normalized spacial score (nSPS) is 20.9. The van der Waals surface area contributed by atoms with Crippen molar-refractivity contribution >= 4 is 17.2 Å². The number of hydrogen-bond donors (Lipinski definition) is 1. The summed E-state index contributed by atoms with van der Waals surface area (Å²) in [5.74, 6) is -0.166. The van der Waals surface area contributed by atoms with Crippen LogP contribution in [0.5, 0.6) is 0 Å². The summed E-state index contributed by atoms with van der Waals surface area (Å²) in [6.45, 7) is 2.09. The zero-order chi connectivity index (χ0) is 22.5. The molecular formula is C23H23F2N7O. The van der Waals surface area contributed by atoms with E-state index in [1.165, 1.54) is 12.1 Å². The second-order valence-electron chi connectivity index (χ2n) is 8.63. The number of aliphatic hydroxyl groups is 1. The molecule has 0 radical (unpaired) electrons. The van der Waals surface area contributed by atoms with Gasteiger partial charge in [-0.3, -0.25) is 0 Å². The first-order valence-corrected chi connectivity index (χ1v) is 11.1. The summed E-state index contributed by atoms with van der Waals surface area (Å²) in [5, 5.41) is 18.7. The maximum absolute atomic E-state index is 14.5. The Balaban J connectivity index is 1.35. The first kappa shape index (κ1) is 20.1. The number of rotatable bonds is 4. The zero-order valence-corrected chi connectivity index (χ0v) is 17.8. The molecule has 2 aliphatic rings.